The SMILES string of the molecule is C=C(Cl)c1c(N)cccc1OC. The molecule has 0 atom stereocenters. The van der Waals surface area contributed by atoms with E-state index in [2.05, 4.69) is 6.58 Å². The van der Waals surface area contributed by atoms with Gasteiger partial charge in [-0.25, -0.2) is 0 Å². The van der Waals surface area contributed by atoms with Gasteiger partial charge in [-0.1, -0.05) is 24.2 Å². The first-order chi connectivity index (χ1) is 5.66. The summed E-state index contributed by atoms with van der Waals surface area (Å²) >= 11 is 5.74. The second kappa shape index (κ2) is 3.50. The quantitative estimate of drug-likeness (QED) is 0.715. The smallest absolute Gasteiger partial charge is 0.129 e. The van der Waals surface area contributed by atoms with Gasteiger partial charge in [0.05, 0.1) is 12.7 Å². The third-order valence-electron chi connectivity index (χ3n) is 1.55. The van der Waals surface area contributed by atoms with Crippen molar-refractivity contribution in [2.75, 3.05) is 12.8 Å². The number of anilines is 1. The van der Waals surface area contributed by atoms with Crippen LogP contribution in [0.15, 0.2) is 24.8 Å². The third-order valence-corrected chi connectivity index (χ3v) is 1.74. The number of halogens is 1. The molecule has 0 saturated heterocycles. The molecule has 3 heteroatoms. The largest absolute Gasteiger partial charge is 0.496 e. The number of hydrogen-bond donors (Lipinski definition) is 1. The molecule has 0 fully saturated rings. The molecule has 1 aromatic carbocycles. The van der Waals surface area contributed by atoms with Crippen LogP contribution in [0.3, 0.4) is 0 Å². The van der Waals surface area contributed by atoms with Crippen LogP contribution < -0.4 is 10.5 Å². The molecule has 64 valence electrons. The standard InChI is InChI=1S/C9H10ClNO/c1-6(10)9-7(11)4-3-5-8(9)12-2/h3-5H,1,11H2,2H3. The molecular weight excluding hydrogens is 174 g/mol. The minimum absolute atomic E-state index is 0.393. The molecule has 1 rings (SSSR count). The molecule has 0 spiro atoms. The Morgan fingerprint density at radius 2 is 2.25 bits per heavy atom. The van der Waals surface area contributed by atoms with Crippen LogP contribution >= 0.6 is 11.6 Å². The molecule has 0 unspecified atom stereocenters. The van der Waals surface area contributed by atoms with Crippen molar-refractivity contribution in [1.29, 1.82) is 0 Å². The van der Waals surface area contributed by atoms with Crippen LogP contribution in [0.1, 0.15) is 5.56 Å². The van der Waals surface area contributed by atoms with E-state index >= 15 is 0 Å². The van der Waals surface area contributed by atoms with E-state index in [9.17, 15) is 0 Å². The van der Waals surface area contributed by atoms with E-state index in [1.54, 1.807) is 25.3 Å². The van der Waals surface area contributed by atoms with Crippen LogP contribution in [-0.2, 0) is 0 Å². The van der Waals surface area contributed by atoms with Crippen LogP contribution in [0.25, 0.3) is 5.03 Å². The monoisotopic (exact) mass is 183 g/mol. The lowest BCUT2D eigenvalue weighted by Crippen LogP contribution is -1.94. The Labute approximate surface area is 76.6 Å². The van der Waals surface area contributed by atoms with Gasteiger partial charge in [-0.3, -0.25) is 0 Å². The summed E-state index contributed by atoms with van der Waals surface area (Å²) in [6.07, 6.45) is 0. The van der Waals surface area contributed by atoms with Crippen molar-refractivity contribution in [2.24, 2.45) is 0 Å². The normalized spacial score (nSPS) is 9.50. The zero-order valence-corrected chi connectivity index (χ0v) is 7.56. The van der Waals surface area contributed by atoms with Gasteiger partial charge in [-0.15, -0.1) is 0 Å². The Bertz CT molecular complexity index is 309. The van der Waals surface area contributed by atoms with Crippen molar-refractivity contribution in [3.05, 3.63) is 30.3 Å². The summed E-state index contributed by atoms with van der Waals surface area (Å²) in [6, 6.07) is 5.35. The molecule has 0 bridgehead atoms. The zero-order chi connectivity index (χ0) is 9.14. The minimum atomic E-state index is 0.393. The van der Waals surface area contributed by atoms with Crippen molar-refractivity contribution >= 4 is 22.3 Å². The fraction of sp³-hybridized carbons (Fsp3) is 0.111. The van der Waals surface area contributed by atoms with Gasteiger partial charge < -0.3 is 10.5 Å². The maximum atomic E-state index is 5.74. The molecule has 2 nitrogen and oxygen atoms in total. The van der Waals surface area contributed by atoms with Crippen LogP contribution in [0.2, 0.25) is 0 Å². The predicted octanol–water partition coefficient (Wildman–Crippen LogP) is 2.49. The molecule has 0 amide bonds. The Morgan fingerprint density at radius 3 is 2.67 bits per heavy atom. The van der Waals surface area contributed by atoms with Gasteiger partial charge in [0.25, 0.3) is 0 Å². The Hall–Kier alpha value is -1.15. The number of ether oxygens (including phenoxy) is 1. The second-order valence-electron chi connectivity index (χ2n) is 2.33. The van der Waals surface area contributed by atoms with E-state index in [-0.39, 0.29) is 0 Å². The minimum Gasteiger partial charge on any atom is -0.496 e. The first-order valence-electron chi connectivity index (χ1n) is 3.44. The lowest BCUT2D eigenvalue weighted by molar-refractivity contribution is 0.414. The van der Waals surface area contributed by atoms with Crippen molar-refractivity contribution in [3.63, 3.8) is 0 Å². The predicted molar refractivity (Wildman–Crippen MR) is 52.3 cm³/mol. The van der Waals surface area contributed by atoms with Crippen LogP contribution in [0.5, 0.6) is 5.75 Å². The highest BCUT2D eigenvalue weighted by Crippen LogP contribution is 2.32. The topological polar surface area (TPSA) is 35.2 Å². The van der Waals surface area contributed by atoms with E-state index in [0.717, 1.165) is 0 Å². The molecule has 1 aromatic rings. The van der Waals surface area contributed by atoms with Crippen LogP contribution in [0.4, 0.5) is 5.69 Å². The lowest BCUT2D eigenvalue weighted by Gasteiger charge is -2.08. The highest BCUT2D eigenvalue weighted by molar-refractivity contribution is 6.49. The maximum absolute atomic E-state index is 5.74. The first-order valence-corrected chi connectivity index (χ1v) is 3.82. The Balaban J connectivity index is 3.29. The Morgan fingerprint density at radius 1 is 1.58 bits per heavy atom. The first kappa shape index (κ1) is 8.94. The van der Waals surface area contributed by atoms with E-state index < -0.39 is 0 Å². The van der Waals surface area contributed by atoms with Crippen molar-refractivity contribution in [2.45, 2.75) is 0 Å². The molecule has 0 aliphatic carbocycles. The van der Waals surface area contributed by atoms with E-state index in [4.69, 9.17) is 22.1 Å². The summed E-state index contributed by atoms with van der Waals surface area (Å²) in [4.78, 5) is 0. The molecule has 12 heavy (non-hydrogen) atoms. The van der Waals surface area contributed by atoms with E-state index in [1.165, 1.54) is 0 Å². The number of hydrogen-bond acceptors (Lipinski definition) is 2. The lowest BCUT2D eigenvalue weighted by atomic mass is 10.1. The third kappa shape index (κ3) is 1.53. The van der Waals surface area contributed by atoms with E-state index in [0.29, 0.717) is 22.0 Å². The van der Waals surface area contributed by atoms with Gasteiger partial charge in [0.1, 0.15) is 5.75 Å². The summed E-state index contributed by atoms with van der Waals surface area (Å²) in [7, 11) is 1.57. The zero-order valence-electron chi connectivity index (χ0n) is 6.80. The summed E-state index contributed by atoms with van der Waals surface area (Å²) in [5.74, 6) is 0.648. The van der Waals surface area contributed by atoms with Gasteiger partial charge in [0.15, 0.2) is 0 Å². The molecule has 0 aliphatic heterocycles. The molecular formula is C9H10ClNO. The number of benzene rings is 1. The molecule has 0 aliphatic rings. The van der Waals surface area contributed by atoms with Crippen molar-refractivity contribution < 1.29 is 4.74 Å². The van der Waals surface area contributed by atoms with Gasteiger partial charge in [-0.2, -0.15) is 0 Å². The average Bonchev–Trinajstić information content (AvgIpc) is 2.03. The highest BCUT2D eigenvalue weighted by atomic mass is 35.5. The molecule has 0 aromatic heterocycles. The summed E-state index contributed by atoms with van der Waals surface area (Å²) in [5, 5.41) is 0.393. The Kier molecular flexibility index (Phi) is 2.61. The number of nitrogens with two attached hydrogens (primary N) is 1. The van der Waals surface area contributed by atoms with Crippen LogP contribution in [-0.4, -0.2) is 7.11 Å². The van der Waals surface area contributed by atoms with Gasteiger partial charge >= 0.3 is 0 Å². The van der Waals surface area contributed by atoms with Gasteiger partial charge in [0.2, 0.25) is 0 Å². The van der Waals surface area contributed by atoms with Crippen molar-refractivity contribution in [1.82, 2.24) is 0 Å². The molecule has 0 heterocycles. The number of methoxy groups -OCH3 is 1. The maximum Gasteiger partial charge on any atom is 0.129 e. The summed E-state index contributed by atoms with van der Waals surface area (Å²) < 4.78 is 5.06. The highest BCUT2D eigenvalue weighted by Gasteiger charge is 2.07. The molecule has 0 radical (unpaired) electrons. The molecule has 0 saturated carbocycles. The summed E-state index contributed by atoms with van der Waals surface area (Å²) in [6.45, 7) is 3.60. The number of nitrogen functional groups attached to an aromatic ring is 1. The van der Waals surface area contributed by atoms with Gasteiger partial charge in [0, 0.05) is 10.7 Å². The second-order valence-corrected chi connectivity index (χ2v) is 2.79. The average molecular weight is 184 g/mol. The molecule has 2 N–H and O–H groups in total. The number of rotatable bonds is 2. The fourth-order valence-electron chi connectivity index (χ4n) is 1.01. The van der Waals surface area contributed by atoms with Crippen LogP contribution in [0, 0.1) is 0 Å². The fourth-order valence-corrected chi connectivity index (χ4v) is 1.21. The van der Waals surface area contributed by atoms with E-state index in [1.807, 2.05) is 0 Å². The van der Waals surface area contributed by atoms with Gasteiger partial charge in [-0.05, 0) is 12.1 Å². The summed E-state index contributed by atoms with van der Waals surface area (Å²) in [5.41, 5.74) is 6.92. The van der Waals surface area contributed by atoms with Crippen molar-refractivity contribution in [3.8, 4) is 5.75 Å².